The Morgan fingerprint density at radius 3 is 1.44 bits per heavy atom. The molecule has 0 atom stereocenters. The van der Waals surface area contributed by atoms with Crippen LogP contribution in [0.1, 0.15) is 0 Å². The van der Waals surface area contributed by atoms with E-state index < -0.39 is 4.77 Å². The molecule has 0 unspecified atom stereocenters. The van der Waals surface area contributed by atoms with Crippen molar-refractivity contribution >= 4 is 23.5 Å². The van der Waals surface area contributed by atoms with E-state index in [2.05, 4.69) is 0 Å². The van der Waals surface area contributed by atoms with Gasteiger partial charge in [-0.15, -0.1) is 0 Å². The van der Waals surface area contributed by atoms with Gasteiger partial charge in [0.05, 0.1) is 0 Å². The van der Waals surface area contributed by atoms with E-state index in [1.54, 1.807) is 0 Å². The number of hydrogen-bond acceptors (Lipinski definition) is 3. The summed E-state index contributed by atoms with van der Waals surface area (Å²) in [5.74, 6) is 0. The van der Waals surface area contributed by atoms with Gasteiger partial charge in [-0.2, -0.15) is 0 Å². The fourth-order valence-corrected chi connectivity index (χ4v) is 3.21. The largest absolute Gasteiger partial charge is 0.372 e. The predicted molar refractivity (Wildman–Crippen MR) is 70.6 cm³/mol. The lowest BCUT2D eigenvalue weighted by Crippen LogP contribution is -1.93. The van der Waals surface area contributed by atoms with Crippen LogP contribution in [0.5, 0.6) is 0 Å². The Hall–Kier alpha value is -0.900. The van der Waals surface area contributed by atoms with Gasteiger partial charge >= 0.3 is 0 Å². The average molecular weight is 248 g/mol. The SMILES string of the molecule is OC(Sc1ccccc1)Sc1ccccc1. The molecule has 2 rings (SSSR count). The van der Waals surface area contributed by atoms with Gasteiger partial charge in [0.2, 0.25) is 0 Å². The highest BCUT2D eigenvalue weighted by molar-refractivity contribution is 8.16. The molecule has 0 bridgehead atoms. The van der Waals surface area contributed by atoms with E-state index >= 15 is 0 Å². The second-order valence-electron chi connectivity index (χ2n) is 3.17. The summed E-state index contributed by atoms with van der Waals surface area (Å²) >= 11 is 2.91. The van der Waals surface area contributed by atoms with Gasteiger partial charge in [-0.05, 0) is 24.3 Å². The molecule has 3 heteroatoms. The number of aliphatic hydroxyl groups is 1. The second-order valence-corrected chi connectivity index (χ2v) is 5.77. The summed E-state index contributed by atoms with van der Waals surface area (Å²) in [6.45, 7) is 0. The predicted octanol–water partition coefficient (Wildman–Crippen LogP) is 3.85. The number of rotatable bonds is 4. The van der Waals surface area contributed by atoms with Crippen molar-refractivity contribution in [3.05, 3.63) is 60.7 Å². The molecule has 1 N–H and O–H groups in total. The van der Waals surface area contributed by atoms with Crippen LogP contribution in [0, 0.1) is 0 Å². The van der Waals surface area contributed by atoms with Crippen molar-refractivity contribution < 1.29 is 5.11 Å². The van der Waals surface area contributed by atoms with Gasteiger partial charge in [-0.25, -0.2) is 0 Å². The van der Waals surface area contributed by atoms with Gasteiger partial charge in [0.15, 0.2) is 4.77 Å². The molecule has 2 aromatic rings. The first kappa shape index (κ1) is 11.6. The summed E-state index contributed by atoms with van der Waals surface area (Å²) in [5.41, 5.74) is 0. The first-order valence-electron chi connectivity index (χ1n) is 4.96. The van der Waals surface area contributed by atoms with Crippen molar-refractivity contribution in [3.8, 4) is 0 Å². The van der Waals surface area contributed by atoms with E-state index in [9.17, 15) is 5.11 Å². The van der Waals surface area contributed by atoms with Crippen molar-refractivity contribution in [2.45, 2.75) is 14.6 Å². The van der Waals surface area contributed by atoms with Crippen molar-refractivity contribution in [2.75, 3.05) is 0 Å². The molecule has 1 nitrogen and oxygen atoms in total. The van der Waals surface area contributed by atoms with E-state index in [0.717, 1.165) is 9.79 Å². The van der Waals surface area contributed by atoms with E-state index in [1.807, 2.05) is 60.7 Å². The Bertz CT molecular complexity index is 375. The lowest BCUT2D eigenvalue weighted by molar-refractivity contribution is 0.345. The molecule has 0 radical (unpaired) electrons. The first-order chi connectivity index (χ1) is 7.84. The van der Waals surface area contributed by atoms with Crippen molar-refractivity contribution in [3.63, 3.8) is 0 Å². The molecule has 0 amide bonds. The molecule has 0 aliphatic heterocycles. The van der Waals surface area contributed by atoms with Crippen LogP contribution in [0.3, 0.4) is 0 Å². The zero-order valence-corrected chi connectivity index (χ0v) is 10.2. The molecule has 0 aliphatic carbocycles. The molecule has 82 valence electrons. The molecular formula is C13H12OS2. The number of benzene rings is 2. The minimum absolute atomic E-state index is 0.468. The van der Waals surface area contributed by atoms with E-state index in [1.165, 1.54) is 23.5 Å². The quantitative estimate of drug-likeness (QED) is 0.655. The van der Waals surface area contributed by atoms with E-state index in [0.29, 0.717) is 0 Å². The van der Waals surface area contributed by atoms with Gasteiger partial charge < -0.3 is 5.11 Å². The molecule has 0 saturated heterocycles. The van der Waals surface area contributed by atoms with Crippen LogP contribution in [0.15, 0.2) is 70.5 Å². The molecular weight excluding hydrogens is 236 g/mol. The fourth-order valence-electron chi connectivity index (χ4n) is 1.26. The highest BCUT2D eigenvalue weighted by Gasteiger charge is 2.07. The zero-order chi connectivity index (χ0) is 11.2. The lowest BCUT2D eigenvalue weighted by Gasteiger charge is -2.09. The third-order valence-electron chi connectivity index (χ3n) is 1.96. The van der Waals surface area contributed by atoms with Crippen LogP contribution in [-0.2, 0) is 0 Å². The van der Waals surface area contributed by atoms with E-state index in [4.69, 9.17) is 0 Å². The van der Waals surface area contributed by atoms with Crippen molar-refractivity contribution in [1.82, 2.24) is 0 Å². The van der Waals surface area contributed by atoms with Crippen molar-refractivity contribution in [2.24, 2.45) is 0 Å². The van der Waals surface area contributed by atoms with Gasteiger partial charge in [0.1, 0.15) is 0 Å². The molecule has 0 saturated carbocycles. The summed E-state index contributed by atoms with van der Waals surface area (Å²) in [7, 11) is 0. The summed E-state index contributed by atoms with van der Waals surface area (Å²) in [4.78, 5) is 2.16. The third kappa shape index (κ3) is 3.59. The monoisotopic (exact) mass is 248 g/mol. The summed E-state index contributed by atoms with van der Waals surface area (Å²) < 4.78 is -0.468. The van der Waals surface area contributed by atoms with Crippen LogP contribution >= 0.6 is 23.5 Å². The van der Waals surface area contributed by atoms with Gasteiger partial charge in [-0.3, -0.25) is 0 Å². The van der Waals surface area contributed by atoms with Crippen LogP contribution in [-0.4, -0.2) is 9.87 Å². The van der Waals surface area contributed by atoms with E-state index in [-0.39, 0.29) is 0 Å². The highest BCUT2D eigenvalue weighted by atomic mass is 32.2. The van der Waals surface area contributed by atoms with Crippen LogP contribution < -0.4 is 0 Å². The average Bonchev–Trinajstić information content (AvgIpc) is 2.31. The highest BCUT2D eigenvalue weighted by Crippen LogP contribution is 2.33. The molecule has 0 heterocycles. The van der Waals surface area contributed by atoms with Crippen LogP contribution in [0.25, 0.3) is 0 Å². The van der Waals surface area contributed by atoms with Gasteiger partial charge in [0.25, 0.3) is 0 Å². The number of aliphatic hydroxyl groups excluding tert-OH is 1. The zero-order valence-electron chi connectivity index (χ0n) is 8.61. The maximum absolute atomic E-state index is 9.88. The Labute approximate surface area is 104 Å². The van der Waals surface area contributed by atoms with Crippen molar-refractivity contribution in [1.29, 1.82) is 0 Å². The topological polar surface area (TPSA) is 20.2 Å². The molecule has 0 aromatic heterocycles. The second kappa shape index (κ2) is 5.99. The maximum atomic E-state index is 9.88. The van der Waals surface area contributed by atoms with Crippen LogP contribution in [0.4, 0.5) is 0 Å². The molecule has 0 fully saturated rings. The van der Waals surface area contributed by atoms with Gasteiger partial charge in [0, 0.05) is 9.79 Å². The smallest absolute Gasteiger partial charge is 0.155 e. The summed E-state index contributed by atoms with van der Waals surface area (Å²) in [6.07, 6.45) is 0. The molecule has 2 aromatic carbocycles. The number of hydrogen-bond donors (Lipinski definition) is 1. The normalized spacial score (nSPS) is 10.6. The minimum Gasteiger partial charge on any atom is -0.372 e. The summed E-state index contributed by atoms with van der Waals surface area (Å²) in [5, 5.41) is 9.88. The minimum atomic E-state index is -0.468. The Morgan fingerprint density at radius 1 is 0.688 bits per heavy atom. The van der Waals surface area contributed by atoms with Gasteiger partial charge in [-0.1, -0.05) is 59.9 Å². The van der Waals surface area contributed by atoms with Crippen LogP contribution in [0.2, 0.25) is 0 Å². The Balaban J connectivity index is 1.92. The Morgan fingerprint density at radius 2 is 1.06 bits per heavy atom. The first-order valence-corrected chi connectivity index (χ1v) is 6.72. The standard InChI is InChI=1S/C13H12OS2/c14-13(15-11-7-3-1-4-8-11)16-12-9-5-2-6-10-12/h1-10,13-14H. The fraction of sp³-hybridized carbons (Fsp3) is 0.0769. The summed E-state index contributed by atoms with van der Waals surface area (Å²) in [6, 6.07) is 19.8. The molecule has 0 spiro atoms. The molecule has 0 aliphatic rings. The molecule has 16 heavy (non-hydrogen) atoms. The lowest BCUT2D eigenvalue weighted by atomic mass is 10.4. The number of thioether (sulfide) groups is 2. The third-order valence-corrected chi connectivity index (χ3v) is 4.03. The maximum Gasteiger partial charge on any atom is 0.155 e. The Kier molecular flexibility index (Phi) is 4.34.